The van der Waals surface area contributed by atoms with Gasteiger partial charge in [0.05, 0.1) is 0 Å². The highest BCUT2D eigenvalue weighted by molar-refractivity contribution is 5.97. The lowest BCUT2D eigenvalue weighted by molar-refractivity contribution is -0.121. The molecule has 0 saturated heterocycles. The number of nitrogens with one attached hydrogen (secondary N) is 1. The van der Waals surface area contributed by atoms with E-state index in [2.05, 4.69) is 5.32 Å². The van der Waals surface area contributed by atoms with Crippen LogP contribution in [0.25, 0.3) is 0 Å². The van der Waals surface area contributed by atoms with Crippen LogP contribution in [-0.2, 0) is 4.79 Å². The minimum atomic E-state index is -0.953. The minimum absolute atomic E-state index is 0.397. The quantitative estimate of drug-likeness (QED) is 0.652. The van der Waals surface area contributed by atoms with Gasteiger partial charge in [0, 0.05) is 11.1 Å². The number of allylic oxidation sites excluding steroid dienone is 1. The van der Waals surface area contributed by atoms with E-state index in [4.69, 9.17) is 16.2 Å². The SMILES string of the molecule is C/C=C/COc1ccc(C(=O)NC(C(N)=O)C(C)(C)N)cc1. The van der Waals surface area contributed by atoms with E-state index in [0.29, 0.717) is 17.9 Å². The van der Waals surface area contributed by atoms with E-state index in [1.165, 1.54) is 0 Å². The predicted molar refractivity (Wildman–Crippen MR) is 85.5 cm³/mol. The standard InChI is InChI=1S/C16H23N3O3/c1-4-5-10-22-12-8-6-11(7-9-12)15(21)19-13(14(17)20)16(2,3)18/h4-9,13H,10,18H2,1-3H3,(H2,17,20)(H,19,21)/b5-4+. The van der Waals surface area contributed by atoms with Gasteiger partial charge in [0.25, 0.3) is 5.91 Å². The highest BCUT2D eigenvalue weighted by Crippen LogP contribution is 2.13. The molecule has 0 bridgehead atoms. The molecule has 0 aliphatic heterocycles. The Bertz CT molecular complexity index is 545. The highest BCUT2D eigenvalue weighted by Gasteiger charge is 2.31. The predicted octanol–water partition coefficient (Wildman–Crippen LogP) is 0.963. The molecule has 120 valence electrons. The largest absolute Gasteiger partial charge is 0.490 e. The topological polar surface area (TPSA) is 107 Å². The first-order chi connectivity index (χ1) is 10.3. The van der Waals surface area contributed by atoms with Crippen LogP contribution in [0, 0.1) is 0 Å². The van der Waals surface area contributed by atoms with Crippen molar-refractivity contribution < 1.29 is 14.3 Å². The van der Waals surface area contributed by atoms with Gasteiger partial charge in [-0.3, -0.25) is 9.59 Å². The van der Waals surface area contributed by atoms with Gasteiger partial charge < -0.3 is 21.5 Å². The summed E-state index contributed by atoms with van der Waals surface area (Å²) in [5.41, 5.74) is 10.6. The first-order valence-electron chi connectivity index (χ1n) is 6.98. The Morgan fingerprint density at radius 2 is 1.91 bits per heavy atom. The number of hydrogen-bond acceptors (Lipinski definition) is 4. The molecule has 5 N–H and O–H groups in total. The van der Waals surface area contributed by atoms with Crippen molar-refractivity contribution >= 4 is 11.8 Å². The second-order valence-corrected chi connectivity index (χ2v) is 5.53. The Morgan fingerprint density at radius 1 is 1.32 bits per heavy atom. The van der Waals surface area contributed by atoms with E-state index in [1.54, 1.807) is 38.1 Å². The normalized spacial score (nSPS) is 12.9. The van der Waals surface area contributed by atoms with E-state index in [0.717, 1.165) is 0 Å². The molecule has 2 amide bonds. The van der Waals surface area contributed by atoms with Crippen LogP contribution < -0.4 is 21.5 Å². The van der Waals surface area contributed by atoms with E-state index in [-0.39, 0.29) is 0 Å². The van der Waals surface area contributed by atoms with Crippen LogP contribution in [0.3, 0.4) is 0 Å². The molecule has 0 radical (unpaired) electrons. The van der Waals surface area contributed by atoms with Gasteiger partial charge in [0.2, 0.25) is 5.91 Å². The second-order valence-electron chi connectivity index (χ2n) is 5.53. The third-order valence-corrected chi connectivity index (χ3v) is 3.00. The molecule has 0 aliphatic rings. The number of carbonyl (C=O) groups excluding carboxylic acids is 2. The maximum absolute atomic E-state index is 12.2. The average Bonchev–Trinajstić information content (AvgIpc) is 2.44. The number of rotatable bonds is 7. The Labute approximate surface area is 130 Å². The first kappa shape index (κ1) is 17.7. The number of ether oxygens (including phenoxy) is 1. The Morgan fingerprint density at radius 3 is 2.36 bits per heavy atom. The Kier molecular flexibility index (Phi) is 6.12. The number of carbonyl (C=O) groups is 2. The fraction of sp³-hybridized carbons (Fsp3) is 0.375. The third kappa shape index (κ3) is 5.21. The summed E-state index contributed by atoms with van der Waals surface area (Å²) in [6.07, 6.45) is 3.77. The number of primary amides is 1. The van der Waals surface area contributed by atoms with Crippen molar-refractivity contribution in [2.45, 2.75) is 32.4 Å². The van der Waals surface area contributed by atoms with Crippen molar-refractivity contribution in [2.24, 2.45) is 11.5 Å². The third-order valence-electron chi connectivity index (χ3n) is 3.00. The Balaban J connectivity index is 2.75. The van der Waals surface area contributed by atoms with Crippen LogP contribution in [0.4, 0.5) is 0 Å². The molecular formula is C16H23N3O3. The van der Waals surface area contributed by atoms with Crippen LogP contribution in [0.5, 0.6) is 5.75 Å². The first-order valence-corrected chi connectivity index (χ1v) is 6.98. The van der Waals surface area contributed by atoms with Gasteiger partial charge in [-0.1, -0.05) is 12.2 Å². The van der Waals surface area contributed by atoms with Crippen molar-refractivity contribution in [3.8, 4) is 5.75 Å². The molecule has 1 aromatic rings. The van der Waals surface area contributed by atoms with Crippen LogP contribution in [-0.4, -0.2) is 30.0 Å². The molecular weight excluding hydrogens is 282 g/mol. The molecule has 0 aromatic heterocycles. The zero-order valence-corrected chi connectivity index (χ0v) is 13.1. The fourth-order valence-electron chi connectivity index (χ4n) is 1.78. The molecule has 0 heterocycles. The van der Waals surface area contributed by atoms with E-state index in [1.807, 2.05) is 19.1 Å². The molecule has 1 atom stereocenters. The summed E-state index contributed by atoms with van der Waals surface area (Å²) in [5.74, 6) is -0.435. The molecule has 0 aliphatic carbocycles. The van der Waals surface area contributed by atoms with Gasteiger partial charge in [-0.2, -0.15) is 0 Å². The van der Waals surface area contributed by atoms with Crippen LogP contribution in [0.1, 0.15) is 31.1 Å². The van der Waals surface area contributed by atoms with Crippen LogP contribution in [0.15, 0.2) is 36.4 Å². The van der Waals surface area contributed by atoms with Gasteiger partial charge in [-0.15, -0.1) is 0 Å². The molecule has 0 spiro atoms. The number of amides is 2. The summed E-state index contributed by atoms with van der Waals surface area (Å²) >= 11 is 0. The van der Waals surface area contributed by atoms with Crippen LogP contribution in [0.2, 0.25) is 0 Å². The smallest absolute Gasteiger partial charge is 0.251 e. The van der Waals surface area contributed by atoms with Gasteiger partial charge in [0.1, 0.15) is 18.4 Å². The van der Waals surface area contributed by atoms with Gasteiger partial charge in [0.15, 0.2) is 0 Å². The Hall–Kier alpha value is -2.34. The number of hydrogen-bond donors (Lipinski definition) is 3. The van der Waals surface area contributed by atoms with Gasteiger partial charge in [-0.25, -0.2) is 0 Å². The molecule has 22 heavy (non-hydrogen) atoms. The van der Waals surface area contributed by atoms with Crippen molar-refractivity contribution in [1.82, 2.24) is 5.32 Å². The molecule has 1 rings (SSSR count). The zero-order chi connectivity index (χ0) is 16.8. The lowest BCUT2D eigenvalue weighted by Crippen LogP contribution is -2.60. The summed E-state index contributed by atoms with van der Waals surface area (Å²) in [4.78, 5) is 23.6. The summed E-state index contributed by atoms with van der Waals surface area (Å²) in [6, 6.07) is 5.64. The summed E-state index contributed by atoms with van der Waals surface area (Å²) < 4.78 is 5.44. The van der Waals surface area contributed by atoms with Crippen molar-refractivity contribution in [2.75, 3.05) is 6.61 Å². The van der Waals surface area contributed by atoms with E-state index in [9.17, 15) is 9.59 Å². The highest BCUT2D eigenvalue weighted by atomic mass is 16.5. The minimum Gasteiger partial charge on any atom is -0.490 e. The average molecular weight is 305 g/mol. The van der Waals surface area contributed by atoms with Gasteiger partial charge >= 0.3 is 0 Å². The molecule has 6 heteroatoms. The lowest BCUT2D eigenvalue weighted by Gasteiger charge is -2.28. The molecule has 6 nitrogen and oxygen atoms in total. The summed E-state index contributed by atoms with van der Waals surface area (Å²) in [6.45, 7) is 5.62. The molecule has 1 aromatic carbocycles. The fourth-order valence-corrected chi connectivity index (χ4v) is 1.78. The maximum Gasteiger partial charge on any atom is 0.251 e. The molecule has 0 fully saturated rings. The van der Waals surface area contributed by atoms with E-state index >= 15 is 0 Å². The van der Waals surface area contributed by atoms with Gasteiger partial charge in [-0.05, 0) is 45.0 Å². The maximum atomic E-state index is 12.2. The molecule has 0 saturated carbocycles. The van der Waals surface area contributed by atoms with Crippen LogP contribution >= 0.6 is 0 Å². The monoisotopic (exact) mass is 305 g/mol. The summed E-state index contributed by atoms with van der Waals surface area (Å²) in [5, 5.41) is 2.55. The lowest BCUT2D eigenvalue weighted by atomic mass is 9.95. The second kappa shape index (κ2) is 7.61. The van der Waals surface area contributed by atoms with E-state index < -0.39 is 23.4 Å². The number of nitrogens with two attached hydrogens (primary N) is 2. The van der Waals surface area contributed by atoms with Crippen molar-refractivity contribution in [3.05, 3.63) is 42.0 Å². The summed E-state index contributed by atoms with van der Waals surface area (Å²) in [7, 11) is 0. The molecule has 1 unspecified atom stereocenters. The van der Waals surface area contributed by atoms with Crippen molar-refractivity contribution in [1.29, 1.82) is 0 Å². The zero-order valence-electron chi connectivity index (χ0n) is 13.1. The van der Waals surface area contributed by atoms with Crippen molar-refractivity contribution in [3.63, 3.8) is 0 Å². The number of benzene rings is 1.